The Morgan fingerprint density at radius 3 is 3.00 bits per heavy atom. The molecule has 3 rings (SSSR count). The Kier molecular flexibility index (Phi) is 4.53. The van der Waals surface area contributed by atoms with Gasteiger partial charge in [-0.05, 0) is 50.0 Å². The number of nitrogens with zero attached hydrogens (tertiary/aromatic N) is 2. The van der Waals surface area contributed by atoms with Crippen molar-refractivity contribution in [3.05, 3.63) is 53.6 Å². The second-order valence-corrected chi connectivity index (χ2v) is 5.92. The summed E-state index contributed by atoms with van der Waals surface area (Å²) in [5.41, 5.74) is 2.75. The lowest BCUT2D eigenvalue weighted by molar-refractivity contribution is 0.0718. The fourth-order valence-electron chi connectivity index (χ4n) is 2.97. The first-order valence-corrected chi connectivity index (χ1v) is 7.77. The summed E-state index contributed by atoms with van der Waals surface area (Å²) in [6, 6.07) is 5.79. The van der Waals surface area contributed by atoms with E-state index in [4.69, 9.17) is 0 Å². The Bertz CT molecular complexity index is 617. The molecule has 1 aliphatic rings. The largest absolute Gasteiger partial charge is 0.365 e. The average Bonchev–Trinajstić information content (AvgIpc) is 3.18. The van der Waals surface area contributed by atoms with Crippen LogP contribution < -0.4 is 5.32 Å². The van der Waals surface area contributed by atoms with Crippen LogP contribution in [0, 0.1) is 12.8 Å². The van der Waals surface area contributed by atoms with Gasteiger partial charge >= 0.3 is 0 Å². The molecule has 1 fully saturated rings. The van der Waals surface area contributed by atoms with Crippen LogP contribution in [-0.2, 0) is 6.54 Å². The highest BCUT2D eigenvalue weighted by molar-refractivity contribution is 5.95. The van der Waals surface area contributed by atoms with Crippen molar-refractivity contribution in [2.75, 3.05) is 19.6 Å². The minimum atomic E-state index is 0.0921. The van der Waals surface area contributed by atoms with Gasteiger partial charge in [-0.1, -0.05) is 6.07 Å². The summed E-state index contributed by atoms with van der Waals surface area (Å²) >= 11 is 0. The Labute approximate surface area is 130 Å². The topological polar surface area (TPSA) is 61.0 Å². The molecule has 1 atom stereocenters. The quantitative estimate of drug-likeness (QED) is 0.887. The zero-order valence-electron chi connectivity index (χ0n) is 12.9. The third-order valence-corrected chi connectivity index (χ3v) is 4.21. The van der Waals surface area contributed by atoms with E-state index in [9.17, 15) is 4.79 Å². The second-order valence-electron chi connectivity index (χ2n) is 5.92. The number of aryl methyl sites for hydroxylation is 1. The third-order valence-electron chi connectivity index (χ3n) is 4.21. The van der Waals surface area contributed by atoms with Gasteiger partial charge < -0.3 is 15.2 Å². The van der Waals surface area contributed by atoms with Gasteiger partial charge in [-0.3, -0.25) is 9.78 Å². The van der Waals surface area contributed by atoms with Gasteiger partial charge in [0.25, 0.3) is 5.91 Å². The highest BCUT2D eigenvalue weighted by Crippen LogP contribution is 2.17. The van der Waals surface area contributed by atoms with Crippen molar-refractivity contribution in [3.63, 3.8) is 0 Å². The van der Waals surface area contributed by atoms with Gasteiger partial charge in [-0.2, -0.15) is 0 Å². The van der Waals surface area contributed by atoms with Crippen LogP contribution >= 0.6 is 0 Å². The van der Waals surface area contributed by atoms with Gasteiger partial charge in [0.2, 0.25) is 0 Å². The Balaban J connectivity index is 1.78. The molecule has 0 aromatic carbocycles. The Morgan fingerprint density at radius 2 is 2.36 bits per heavy atom. The summed E-state index contributed by atoms with van der Waals surface area (Å²) in [6.07, 6.45) is 6.54. The monoisotopic (exact) mass is 298 g/mol. The van der Waals surface area contributed by atoms with Crippen molar-refractivity contribution >= 4 is 5.91 Å². The molecule has 1 amide bonds. The van der Waals surface area contributed by atoms with Crippen LogP contribution in [0.3, 0.4) is 0 Å². The molecule has 1 saturated heterocycles. The van der Waals surface area contributed by atoms with Gasteiger partial charge in [0, 0.05) is 37.4 Å². The van der Waals surface area contributed by atoms with Crippen LogP contribution in [-0.4, -0.2) is 40.4 Å². The number of rotatable bonds is 5. The molecule has 3 heterocycles. The standard InChI is InChI=1S/C17H22N4O/c1-13-16(5-8-20-13)17(22)21(12-15-4-7-19-10-15)11-14-3-2-6-18-9-14/h2-3,5-6,8-9,15,19-20H,4,7,10-12H2,1H3. The number of hydrogen-bond donors (Lipinski definition) is 2. The molecule has 0 spiro atoms. The number of carbonyl (C=O) groups is 1. The van der Waals surface area contributed by atoms with E-state index < -0.39 is 0 Å². The lowest BCUT2D eigenvalue weighted by Crippen LogP contribution is -2.35. The molecule has 2 aromatic rings. The molecule has 116 valence electrons. The zero-order valence-corrected chi connectivity index (χ0v) is 12.9. The molecule has 5 nitrogen and oxygen atoms in total. The molecular formula is C17H22N4O. The van der Waals surface area contributed by atoms with Crippen LogP contribution in [0.5, 0.6) is 0 Å². The van der Waals surface area contributed by atoms with Gasteiger partial charge in [-0.15, -0.1) is 0 Å². The highest BCUT2D eigenvalue weighted by Gasteiger charge is 2.24. The number of H-pyrrole nitrogens is 1. The summed E-state index contributed by atoms with van der Waals surface area (Å²) in [5, 5.41) is 3.37. The van der Waals surface area contributed by atoms with E-state index in [-0.39, 0.29) is 5.91 Å². The second kappa shape index (κ2) is 6.75. The maximum absolute atomic E-state index is 12.9. The van der Waals surface area contributed by atoms with E-state index in [2.05, 4.69) is 15.3 Å². The van der Waals surface area contributed by atoms with Crippen LogP contribution in [0.2, 0.25) is 0 Å². The van der Waals surface area contributed by atoms with E-state index >= 15 is 0 Å². The van der Waals surface area contributed by atoms with E-state index in [1.807, 2.05) is 42.4 Å². The molecule has 2 aromatic heterocycles. The predicted octanol–water partition coefficient (Wildman–Crippen LogP) is 1.97. The lowest BCUT2D eigenvalue weighted by atomic mass is 10.1. The first-order chi connectivity index (χ1) is 10.7. The first-order valence-electron chi connectivity index (χ1n) is 7.77. The summed E-state index contributed by atoms with van der Waals surface area (Å²) < 4.78 is 0. The van der Waals surface area contributed by atoms with Crippen molar-refractivity contribution in [3.8, 4) is 0 Å². The van der Waals surface area contributed by atoms with Crippen molar-refractivity contribution in [2.24, 2.45) is 5.92 Å². The van der Waals surface area contributed by atoms with Crippen molar-refractivity contribution in [2.45, 2.75) is 19.9 Å². The summed E-state index contributed by atoms with van der Waals surface area (Å²) in [5.74, 6) is 0.620. The smallest absolute Gasteiger partial charge is 0.255 e. The van der Waals surface area contributed by atoms with Crippen molar-refractivity contribution in [1.29, 1.82) is 0 Å². The average molecular weight is 298 g/mol. The summed E-state index contributed by atoms with van der Waals surface area (Å²) in [7, 11) is 0. The highest BCUT2D eigenvalue weighted by atomic mass is 16.2. The van der Waals surface area contributed by atoms with E-state index in [1.54, 1.807) is 6.20 Å². The van der Waals surface area contributed by atoms with E-state index in [0.29, 0.717) is 12.5 Å². The van der Waals surface area contributed by atoms with Gasteiger partial charge in [-0.25, -0.2) is 0 Å². The summed E-state index contributed by atoms with van der Waals surface area (Å²) in [6.45, 7) is 5.36. The van der Waals surface area contributed by atoms with E-state index in [1.165, 1.54) is 0 Å². The first kappa shape index (κ1) is 14.8. The van der Waals surface area contributed by atoms with Crippen molar-refractivity contribution < 1.29 is 4.79 Å². The SMILES string of the molecule is Cc1[nH]ccc1C(=O)N(Cc1cccnc1)CC1CCNC1. The molecular weight excluding hydrogens is 276 g/mol. The molecule has 0 saturated carbocycles. The van der Waals surface area contributed by atoms with E-state index in [0.717, 1.165) is 42.9 Å². The number of nitrogens with one attached hydrogen (secondary N) is 2. The normalized spacial score (nSPS) is 17.6. The molecule has 0 bridgehead atoms. The van der Waals surface area contributed by atoms with Crippen LogP contribution in [0.15, 0.2) is 36.8 Å². The fraction of sp³-hybridized carbons (Fsp3) is 0.412. The molecule has 0 aliphatic carbocycles. The maximum Gasteiger partial charge on any atom is 0.255 e. The Hall–Kier alpha value is -2.14. The minimum Gasteiger partial charge on any atom is -0.365 e. The van der Waals surface area contributed by atoms with Crippen molar-refractivity contribution in [1.82, 2.24) is 20.2 Å². The predicted molar refractivity (Wildman–Crippen MR) is 85.5 cm³/mol. The maximum atomic E-state index is 12.9. The van der Waals surface area contributed by atoms with Crippen LogP contribution in [0.1, 0.15) is 28.0 Å². The molecule has 22 heavy (non-hydrogen) atoms. The number of pyridine rings is 1. The van der Waals surface area contributed by atoms with Gasteiger partial charge in [0.15, 0.2) is 0 Å². The number of aromatic amines is 1. The zero-order chi connectivity index (χ0) is 15.4. The molecule has 1 unspecified atom stereocenters. The lowest BCUT2D eigenvalue weighted by Gasteiger charge is -2.25. The number of amides is 1. The summed E-state index contributed by atoms with van der Waals surface area (Å²) in [4.78, 5) is 22.1. The van der Waals surface area contributed by atoms with Crippen LogP contribution in [0.4, 0.5) is 0 Å². The third kappa shape index (κ3) is 3.36. The molecule has 1 aliphatic heterocycles. The minimum absolute atomic E-state index is 0.0921. The number of aromatic nitrogens is 2. The molecule has 2 N–H and O–H groups in total. The van der Waals surface area contributed by atoms with Gasteiger partial charge in [0.1, 0.15) is 0 Å². The Morgan fingerprint density at radius 1 is 1.45 bits per heavy atom. The molecule has 0 radical (unpaired) electrons. The van der Waals surface area contributed by atoms with Gasteiger partial charge in [0.05, 0.1) is 5.56 Å². The van der Waals surface area contributed by atoms with Crippen LogP contribution in [0.25, 0.3) is 0 Å². The number of hydrogen-bond acceptors (Lipinski definition) is 3. The molecule has 5 heteroatoms. The fourth-order valence-corrected chi connectivity index (χ4v) is 2.97. The number of carbonyl (C=O) groups excluding carboxylic acids is 1.